The molecular weight excluding hydrogens is 664 g/mol. The van der Waals surface area contributed by atoms with Crippen molar-refractivity contribution in [2.24, 2.45) is 0 Å². The van der Waals surface area contributed by atoms with Gasteiger partial charge < -0.3 is 24.1 Å². The number of alkyl carbamates (subject to hydrolysis) is 1. The predicted molar refractivity (Wildman–Crippen MR) is 199 cm³/mol. The molecule has 0 bridgehead atoms. The molecule has 2 aromatic carbocycles. The predicted octanol–water partition coefficient (Wildman–Crippen LogP) is 7.84. The number of nitrogens with zero attached hydrogens (tertiary/aromatic N) is 3. The molecule has 0 radical (unpaired) electrons. The molecule has 1 N–H and O–H groups in total. The van der Waals surface area contributed by atoms with Crippen LogP contribution in [0.4, 0.5) is 14.9 Å². The Bertz CT molecular complexity index is 1860. The second kappa shape index (κ2) is 14.8. The molecule has 270 valence electrons. The molecule has 4 rings (SSSR count). The van der Waals surface area contributed by atoms with E-state index in [2.05, 4.69) is 51.2 Å². The summed E-state index contributed by atoms with van der Waals surface area (Å²) in [5, 5.41) is 12.7. The lowest BCUT2D eigenvalue weighted by molar-refractivity contribution is -0.120. The smallest absolute Gasteiger partial charge is 0.408 e. The van der Waals surface area contributed by atoms with Gasteiger partial charge in [-0.1, -0.05) is 58.7 Å². The van der Waals surface area contributed by atoms with Crippen molar-refractivity contribution in [1.29, 1.82) is 5.26 Å². The van der Waals surface area contributed by atoms with E-state index in [1.54, 1.807) is 56.0 Å². The minimum absolute atomic E-state index is 0.00504. The van der Waals surface area contributed by atoms with Crippen molar-refractivity contribution in [1.82, 2.24) is 10.3 Å². The highest BCUT2D eigenvalue weighted by Gasteiger charge is 2.45. The van der Waals surface area contributed by atoms with Crippen molar-refractivity contribution in [3.05, 3.63) is 82.3 Å². The van der Waals surface area contributed by atoms with Gasteiger partial charge in [0.2, 0.25) is 11.8 Å². The summed E-state index contributed by atoms with van der Waals surface area (Å²) in [4.78, 5) is 34.6. The van der Waals surface area contributed by atoms with Crippen LogP contribution in [0, 0.1) is 29.5 Å². The third-order valence-electron chi connectivity index (χ3n) is 9.20. The summed E-state index contributed by atoms with van der Waals surface area (Å²) in [6.45, 7) is 20.3. The molecule has 0 fully saturated rings. The largest absolute Gasteiger partial charge is 0.530 e. The first kappa shape index (κ1) is 38.9. The fourth-order valence-corrected chi connectivity index (χ4v) is 6.49. The first-order valence-corrected chi connectivity index (χ1v) is 19.9. The average Bonchev–Trinajstić information content (AvgIpc) is 3.28. The fourth-order valence-electron chi connectivity index (χ4n) is 5.52. The first-order valence-electron chi connectivity index (χ1n) is 17.0. The van der Waals surface area contributed by atoms with Crippen LogP contribution in [0.25, 0.3) is 0 Å². The van der Waals surface area contributed by atoms with Crippen LogP contribution < -0.4 is 19.4 Å². The molecule has 11 heteroatoms. The van der Waals surface area contributed by atoms with Crippen molar-refractivity contribution in [3.8, 4) is 30.0 Å². The van der Waals surface area contributed by atoms with E-state index in [0.29, 0.717) is 35.0 Å². The summed E-state index contributed by atoms with van der Waals surface area (Å²) in [5.74, 6) is 2.59. The summed E-state index contributed by atoms with van der Waals surface area (Å²) in [7, 11) is -2.35. The lowest BCUT2D eigenvalue weighted by Gasteiger charge is -2.36. The lowest BCUT2D eigenvalue weighted by Crippen LogP contribution is -2.51. The third kappa shape index (κ3) is 9.47. The van der Waals surface area contributed by atoms with Crippen molar-refractivity contribution >= 4 is 26.0 Å². The molecule has 0 spiro atoms. The number of terminal acetylenes is 1. The van der Waals surface area contributed by atoms with Gasteiger partial charge in [-0.05, 0) is 80.4 Å². The normalized spacial score (nSPS) is 14.5. The Kier molecular flexibility index (Phi) is 11.3. The molecule has 1 aromatic heterocycles. The maximum atomic E-state index is 14.7. The summed E-state index contributed by atoms with van der Waals surface area (Å²) in [6.07, 6.45) is 4.96. The number of nitriles is 1. The Hall–Kier alpha value is -4.87. The Morgan fingerprint density at radius 3 is 2.33 bits per heavy atom. The van der Waals surface area contributed by atoms with Gasteiger partial charge in [0, 0.05) is 30.4 Å². The van der Waals surface area contributed by atoms with Gasteiger partial charge in [-0.15, -0.1) is 6.42 Å². The van der Waals surface area contributed by atoms with Crippen molar-refractivity contribution in [3.63, 3.8) is 0 Å². The van der Waals surface area contributed by atoms with Crippen LogP contribution >= 0.6 is 0 Å². The minimum Gasteiger partial charge on any atom is -0.530 e. The third-order valence-corrected chi connectivity index (χ3v) is 13.5. The Morgan fingerprint density at radius 1 is 1.08 bits per heavy atom. The molecule has 2 heterocycles. The quantitative estimate of drug-likeness (QED) is 0.168. The number of ether oxygens (including phenoxy) is 2. The molecule has 1 aliphatic rings. The zero-order valence-electron chi connectivity index (χ0n) is 31.4. The van der Waals surface area contributed by atoms with Gasteiger partial charge in [0.25, 0.3) is 8.32 Å². The van der Waals surface area contributed by atoms with Gasteiger partial charge in [0.05, 0.1) is 23.0 Å². The summed E-state index contributed by atoms with van der Waals surface area (Å²) in [5.41, 5.74) is 2.33. The number of fused-ring (bicyclic) bond motifs is 1. The maximum Gasteiger partial charge on any atom is 0.408 e. The van der Waals surface area contributed by atoms with Crippen LogP contribution in [0.2, 0.25) is 18.1 Å². The van der Waals surface area contributed by atoms with Crippen LogP contribution in [0.5, 0.6) is 11.6 Å². The number of hydrogen-bond acceptors (Lipinski definition) is 7. The molecule has 0 saturated carbocycles. The van der Waals surface area contributed by atoms with Gasteiger partial charge in [-0.2, -0.15) is 5.26 Å². The molecule has 1 aliphatic heterocycles. The number of carbonyl (C=O) groups excluding carboxylic acids is 2. The number of nitrogens with one attached hydrogen (secondary N) is 1. The van der Waals surface area contributed by atoms with E-state index in [4.69, 9.17) is 25.3 Å². The number of rotatable bonds is 10. The Morgan fingerprint density at radius 2 is 1.75 bits per heavy atom. The monoisotopic (exact) mass is 712 g/mol. The summed E-state index contributed by atoms with van der Waals surface area (Å²) in [6, 6.07) is 14.2. The fraction of sp³-hybridized carbons (Fsp3) is 0.450. The number of anilines is 1. The van der Waals surface area contributed by atoms with Gasteiger partial charge in [-0.3, -0.25) is 4.79 Å². The highest BCUT2D eigenvalue weighted by molar-refractivity contribution is 6.74. The van der Waals surface area contributed by atoms with E-state index in [1.807, 2.05) is 19.9 Å². The van der Waals surface area contributed by atoms with E-state index in [9.17, 15) is 19.2 Å². The Balaban J connectivity index is 1.81. The van der Waals surface area contributed by atoms with Crippen molar-refractivity contribution in [2.75, 3.05) is 18.1 Å². The molecule has 9 nitrogen and oxygen atoms in total. The second-order valence-corrected chi connectivity index (χ2v) is 20.8. The van der Waals surface area contributed by atoms with E-state index in [0.717, 1.165) is 11.1 Å². The number of aromatic nitrogens is 1. The topological polar surface area (TPSA) is 114 Å². The number of halogens is 1. The van der Waals surface area contributed by atoms with Crippen molar-refractivity contribution < 1.29 is 27.9 Å². The number of benzene rings is 2. The first-order chi connectivity index (χ1) is 23.6. The van der Waals surface area contributed by atoms with Crippen molar-refractivity contribution in [2.45, 2.75) is 103 Å². The maximum absolute atomic E-state index is 14.7. The number of pyridine rings is 1. The second-order valence-electron chi connectivity index (χ2n) is 16.1. The van der Waals surface area contributed by atoms with Crippen LogP contribution in [-0.2, 0) is 27.8 Å². The highest BCUT2D eigenvalue weighted by atomic mass is 28.4. The summed E-state index contributed by atoms with van der Waals surface area (Å²) < 4.78 is 31.7. The Labute approximate surface area is 302 Å². The zero-order chi connectivity index (χ0) is 37.9. The molecule has 51 heavy (non-hydrogen) atoms. The van der Waals surface area contributed by atoms with Gasteiger partial charge >= 0.3 is 6.09 Å². The molecule has 2 amide bonds. The summed E-state index contributed by atoms with van der Waals surface area (Å²) >= 11 is 0. The zero-order valence-corrected chi connectivity index (χ0v) is 32.4. The number of amides is 2. The van der Waals surface area contributed by atoms with E-state index in [1.165, 1.54) is 12.1 Å². The van der Waals surface area contributed by atoms with Crippen LogP contribution in [0.3, 0.4) is 0 Å². The average molecular weight is 713 g/mol. The minimum atomic E-state index is -2.35. The highest BCUT2D eigenvalue weighted by Crippen LogP contribution is 2.44. The van der Waals surface area contributed by atoms with Gasteiger partial charge in [-0.25, -0.2) is 14.2 Å². The van der Waals surface area contributed by atoms with E-state index in [-0.39, 0.29) is 36.0 Å². The van der Waals surface area contributed by atoms with E-state index < -0.39 is 37.4 Å². The van der Waals surface area contributed by atoms with Crippen LogP contribution in [0.1, 0.15) is 83.3 Å². The molecule has 3 aromatic rings. The van der Waals surface area contributed by atoms with Crippen LogP contribution in [0.15, 0.2) is 48.5 Å². The van der Waals surface area contributed by atoms with Gasteiger partial charge in [0.1, 0.15) is 29.8 Å². The molecule has 1 atom stereocenters. The number of hydrogen-bond donors (Lipinski definition) is 1. The molecular formula is C40H49FN4O5Si. The van der Waals surface area contributed by atoms with Gasteiger partial charge in [0.15, 0.2) is 0 Å². The van der Waals surface area contributed by atoms with Crippen LogP contribution in [-0.4, -0.2) is 50.1 Å². The molecule has 0 aliphatic carbocycles. The SMILES string of the molecule is C#CCOc1ccc(C[C@H](NC(=O)OC(C)(C)C)C(=O)N2CC(C)(C)c3nc(O[Si](C)(C)C(C)(C)C)c(Cc4ccc(F)cc4)cc32)c(C#N)c1. The standard InChI is InChI=1S/C40H49FN4O5Si/c1-12-19-48-31-18-15-27(29(21-31)24-42)22-32(43-37(47)49-38(2,3)4)36(46)45-25-40(8,9)34-33(45)23-28(20-26-13-16-30(41)17-14-26)35(44-34)50-51(10,11)39(5,6)7/h1,13-18,21,23,32H,19-20,22,25H2,2-11H3,(H,43,47)/t32-/m0/s1. The number of carbonyl (C=O) groups is 2. The van der Waals surface area contributed by atoms with E-state index >= 15 is 0 Å². The molecule has 0 unspecified atom stereocenters. The molecule has 0 saturated heterocycles. The lowest BCUT2D eigenvalue weighted by atomic mass is 9.91.